The van der Waals surface area contributed by atoms with E-state index in [1.54, 1.807) is 0 Å². The van der Waals surface area contributed by atoms with E-state index in [4.69, 9.17) is 9.47 Å². The number of hydrogen-bond donors (Lipinski definition) is 0. The van der Waals surface area contributed by atoms with E-state index in [0.717, 1.165) is 19.3 Å². The van der Waals surface area contributed by atoms with Crippen LogP contribution in [0.25, 0.3) is 0 Å². The Morgan fingerprint density at radius 1 is 1.31 bits per heavy atom. The third kappa shape index (κ3) is 2.74. The Bertz CT molecular complexity index is 283. The standard InChI is InChI=1S/C12H20O4/c1-8(13)16-9-6-5-7-12(2,3)10(9)11(14)15-4/h9-10H,5-7H2,1-4H3/t9-,10-/m1/s1. The van der Waals surface area contributed by atoms with Crippen molar-refractivity contribution in [1.82, 2.24) is 0 Å². The van der Waals surface area contributed by atoms with Crippen LogP contribution < -0.4 is 0 Å². The Hall–Kier alpha value is -1.06. The van der Waals surface area contributed by atoms with E-state index in [-0.39, 0.29) is 29.4 Å². The van der Waals surface area contributed by atoms with Crippen LogP contribution in [-0.4, -0.2) is 25.2 Å². The van der Waals surface area contributed by atoms with Gasteiger partial charge in [0.2, 0.25) is 0 Å². The van der Waals surface area contributed by atoms with Gasteiger partial charge in [0.1, 0.15) is 6.10 Å². The minimum Gasteiger partial charge on any atom is -0.469 e. The Morgan fingerprint density at radius 3 is 2.44 bits per heavy atom. The average molecular weight is 228 g/mol. The number of esters is 2. The maximum Gasteiger partial charge on any atom is 0.312 e. The lowest BCUT2D eigenvalue weighted by atomic mass is 9.67. The first-order chi connectivity index (χ1) is 7.38. The van der Waals surface area contributed by atoms with Gasteiger partial charge in [0.15, 0.2) is 0 Å². The highest BCUT2D eigenvalue weighted by Gasteiger charge is 2.46. The minimum atomic E-state index is -0.352. The zero-order valence-corrected chi connectivity index (χ0v) is 10.4. The van der Waals surface area contributed by atoms with E-state index in [2.05, 4.69) is 0 Å². The molecule has 1 aliphatic rings. The molecule has 1 rings (SSSR count). The second kappa shape index (κ2) is 4.85. The lowest BCUT2D eigenvalue weighted by Crippen LogP contribution is -2.45. The number of methoxy groups -OCH3 is 1. The van der Waals surface area contributed by atoms with E-state index in [0.29, 0.717) is 0 Å². The van der Waals surface area contributed by atoms with Gasteiger partial charge in [0, 0.05) is 6.92 Å². The Balaban J connectivity index is 2.88. The fourth-order valence-electron chi connectivity index (χ4n) is 2.52. The molecule has 0 aliphatic heterocycles. The number of ether oxygens (including phenoxy) is 2. The van der Waals surface area contributed by atoms with Gasteiger partial charge in [-0.1, -0.05) is 13.8 Å². The maximum atomic E-state index is 11.8. The Morgan fingerprint density at radius 2 is 1.94 bits per heavy atom. The molecule has 4 heteroatoms. The highest BCUT2D eigenvalue weighted by molar-refractivity contribution is 5.75. The van der Waals surface area contributed by atoms with Crippen molar-refractivity contribution < 1.29 is 19.1 Å². The van der Waals surface area contributed by atoms with Gasteiger partial charge in [0.25, 0.3) is 0 Å². The van der Waals surface area contributed by atoms with Gasteiger partial charge in [-0.15, -0.1) is 0 Å². The van der Waals surface area contributed by atoms with Crippen LogP contribution in [0.1, 0.15) is 40.0 Å². The molecule has 92 valence electrons. The van der Waals surface area contributed by atoms with E-state index in [9.17, 15) is 9.59 Å². The summed E-state index contributed by atoms with van der Waals surface area (Å²) in [6.07, 6.45) is 2.32. The predicted molar refractivity (Wildman–Crippen MR) is 58.7 cm³/mol. The summed E-state index contributed by atoms with van der Waals surface area (Å²) >= 11 is 0. The first-order valence-corrected chi connectivity index (χ1v) is 5.63. The van der Waals surface area contributed by atoms with Gasteiger partial charge in [-0.2, -0.15) is 0 Å². The number of carbonyl (C=O) groups excluding carboxylic acids is 2. The summed E-state index contributed by atoms with van der Waals surface area (Å²) in [5.41, 5.74) is -0.175. The fraction of sp³-hybridized carbons (Fsp3) is 0.833. The summed E-state index contributed by atoms with van der Waals surface area (Å²) < 4.78 is 10.0. The topological polar surface area (TPSA) is 52.6 Å². The van der Waals surface area contributed by atoms with E-state index >= 15 is 0 Å². The Kier molecular flexibility index (Phi) is 3.94. The molecule has 0 aromatic carbocycles. The minimum absolute atomic E-state index is 0.175. The zero-order valence-electron chi connectivity index (χ0n) is 10.4. The van der Waals surface area contributed by atoms with Crippen LogP contribution in [0.5, 0.6) is 0 Å². The van der Waals surface area contributed by atoms with Crippen LogP contribution >= 0.6 is 0 Å². The molecular weight excluding hydrogens is 208 g/mol. The highest BCUT2D eigenvalue weighted by Crippen LogP contribution is 2.42. The second-order valence-corrected chi connectivity index (χ2v) is 5.03. The summed E-state index contributed by atoms with van der Waals surface area (Å²) in [6.45, 7) is 5.41. The van der Waals surface area contributed by atoms with Crippen LogP contribution in [0.15, 0.2) is 0 Å². The van der Waals surface area contributed by atoms with Crippen molar-refractivity contribution in [3.63, 3.8) is 0 Å². The summed E-state index contributed by atoms with van der Waals surface area (Å²) in [7, 11) is 1.37. The molecule has 0 amide bonds. The van der Waals surface area contributed by atoms with Crippen LogP contribution in [0.2, 0.25) is 0 Å². The molecule has 1 aliphatic carbocycles. The van der Waals surface area contributed by atoms with Crippen LogP contribution in [0.3, 0.4) is 0 Å². The zero-order chi connectivity index (χ0) is 12.3. The first kappa shape index (κ1) is 13.0. The molecule has 1 fully saturated rings. The Labute approximate surface area is 96.3 Å². The summed E-state index contributed by atoms with van der Waals surface area (Å²) in [5, 5.41) is 0. The van der Waals surface area contributed by atoms with Crippen LogP contribution in [0, 0.1) is 11.3 Å². The van der Waals surface area contributed by atoms with Crippen molar-refractivity contribution in [2.75, 3.05) is 7.11 Å². The van der Waals surface area contributed by atoms with Crippen molar-refractivity contribution in [2.45, 2.75) is 46.1 Å². The lowest BCUT2D eigenvalue weighted by Gasteiger charge is -2.41. The molecule has 0 saturated heterocycles. The largest absolute Gasteiger partial charge is 0.469 e. The molecule has 0 unspecified atom stereocenters. The van der Waals surface area contributed by atoms with Crippen LogP contribution in [-0.2, 0) is 19.1 Å². The molecular formula is C12H20O4. The summed E-state index contributed by atoms with van der Waals surface area (Å²) in [5.74, 6) is -0.970. The maximum absolute atomic E-state index is 11.8. The quantitative estimate of drug-likeness (QED) is 0.677. The van der Waals surface area contributed by atoms with Crippen molar-refractivity contribution in [2.24, 2.45) is 11.3 Å². The normalized spacial score (nSPS) is 28.2. The van der Waals surface area contributed by atoms with Gasteiger partial charge in [0.05, 0.1) is 13.0 Å². The molecule has 0 spiro atoms. The monoisotopic (exact) mass is 228 g/mol. The van der Waals surface area contributed by atoms with Gasteiger partial charge >= 0.3 is 11.9 Å². The van der Waals surface area contributed by atoms with E-state index < -0.39 is 0 Å². The average Bonchev–Trinajstić information content (AvgIpc) is 2.14. The van der Waals surface area contributed by atoms with Crippen molar-refractivity contribution in [3.05, 3.63) is 0 Å². The second-order valence-electron chi connectivity index (χ2n) is 5.03. The molecule has 0 heterocycles. The first-order valence-electron chi connectivity index (χ1n) is 5.63. The number of rotatable bonds is 2. The van der Waals surface area contributed by atoms with Gasteiger partial charge in [-0.05, 0) is 24.7 Å². The SMILES string of the molecule is COC(=O)[C@H]1[C@H](OC(C)=O)CCCC1(C)C. The fourth-order valence-corrected chi connectivity index (χ4v) is 2.52. The third-order valence-electron chi connectivity index (χ3n) is 3.30. The van der Waals surface area contributed by atoms with Crippen LogP contribution in [0.4, 0.5) is 0 Å². The number of carbonyl (C=O) groups is 2. The molecule has 0 bridgehead atoms. The van der Waals surface area contributed by atoms with E-state index in [1.807, 2.05) is 13.8 Å². The predicted octanol–water partition coefficient (Wildman–Crippen LogP) is 1.92. The molecule has 0 N–H and O–H groups in total. The molecule has 0 aromatic heterocycles. The molecule has 0 radical (unpaired) electrons. The smallest absolute Gasteiger partial charge is 0.312 e. The summed E-state index contributed by atoms with van der Waals surface area (Å²) in [4.78, 5) is 22.8. The third-order valence-corrected chi connectivity index (χ3v) is 3.30. The molecule has 1 saturated carbocycles. The van der Waals surface area contributed by atoms with Gasteiger partial charge < -0.3 is 9.47 Å². The molecule has 4 nitrogen and oxygen atoms in total. The number of hydrogen-bond acceptors (Lipinski definition) is 4. The van der Waals surface area contributed by atoms with Crippen molar-refractivity contribution >= 4 is 11.9 Å². The lowest BCUT2D eigenvalue weighted by molar-refractivity contribution is -0.169. The highest BCUT2D eigenvalue weighted by atomic mass is 16.6. The molecule has 0 aromatic rings. The molecule has 16 heavy (non-hydrogen) atoms. The van der Waals surface area contributed by atoms with Crippen molar-refractivity contribution in [3.8, 4) is 0 Å². The van der Waals surface area contributed by atoms with Gasteiger partial charge in [-0.3, -0.25) is 9.59 Å². The summed E-state index contributed by atoms with van der Waals surface area (Å²) in [6, 6.07) is 0. The van der Waals surface area contributed by atoms with Gasteiger partial charge in [-0.25, -0.2) is 0 Å². The van der Waals surface area contributed by atoms with E-state index in [1.165, 1.54) is 14.0 Å². The molecule has 2 atom stereocenters. The van der Waals surface area contributed by atoms with Crippen molar-refractivity contribution in [1.29, 1.82) is 0 Å².